The zero-order valence-electron chi connectivity index (χ0n) is 16.9. The van der Waals surface area contributed by atoms with Crippen LogP contribution < -0.4 is 9.64 Å². The van der Waals surface area contributed by atoms with Gasteiger partial charge in [0.2, 0.25) is 5.91 Å². The van der Waals surface area contributed by atoms with E-state index in [-0.39, 0.29) is 12.0 Å². The highest BCUT2D eigenvalue weighted by Crippen LogP contribution is 2.31. The quantitative estimate of drug-likeness (QED) is 0.779. The number of para-hydroxylation sites is 1. The van der Waals surface area contributed by atoms with Crippen LogP contribution in [0.15, 0.2) is 48.5 Å². The molecule has 0 atom stereocenters. The third kappa shape index (κ3) is 4.22. The van der Waals surface area contributed by atoms with Crippen molar-refractivity contribution < 1.29 is 9.53 Å². The van der Waals surface area contributed by atoms with Gasteiger partial charge < -0.3 is 9.64 Å². The molecule has 2 aliphatic heterocycles. The lowest BCUT2D eigenvalue weighted by Crippen LogP contribution is -2.41. The summed E-state index contributed by atoms with van der Waals surface area (Å²) < 4.78 is 5.81. The summed E-state index contributed by atoms with van der Waals surface area (Å²) in [7, 11) is 0. The lowest BCUT2D eigenvalue weighted by Gasteiger charge is -2.33. The second kappa shape index (κ2) is 8.36. The molecular weight excluding hydrogens is 348 g/mol. The van der Waals surface area contributed by atoms with E-state index in [1.54, 1.807) is 0 Å². The van der Waals surface area contributed by atoms with Gasteiger partial charge in [0.1, 0.15) is 5.75 Å². The molecule has 2 heterocycles. The van der Waals surface area contributed by atoms with Crippen LogP contribution in [0.4, 0.5) is 5.69 Å². The summed E-state index contributed by atoms with van der Waals surface area (Å²) in [6, 6.07) is 16.7. The molecule has 0 spiro atoms. The number of rotatable bonds is 5. The van der Waals surface area contributed by atoms with Crippen molar-refractivity contribution in [3.63, 3.8) is 0 Å². The number of fused-ring (bicyclic) bond motifs is 1. The number of amides is 1. The van der Waals surface area contributed by atoms with Crippen LogP contribution in [0.3, 0.4) is 0 Å². The molecule has 4 rings (SSSR count). The monoisotopic (exact) mass is 378 g/mol. The van der Waals surface area contributed by atoms with Gasteiger partial charge in [-0.15, -0.1) is 0 Å². The second-order valence-electron chi connectivity index (χ2n) is 8.23. The van der Waals surface area contributed by atoms with Gasteiger partial charge in [0, 0.05) is 24.7 Å². The number of hydrogen-bond acceptors (Lipinski definition) is 3. The molecule has 2 aromatic carbocycles. The molecule has 0 aromatic heterocycles. The van der Waals surface area contributed by atoms with Crippen LogP contribution in [0.5, 0.6) is 5.75 Å². The molecule has 1 amide bonds. The summed E-state index contributed by atoms with van der Waals surface area (Å²) in [6.07, 6.45) is 3.06. The average Bonchev–Trinajstić information content (AvgIpc) is 3.12. The van der Waals surface area contributed by atoms with E-state index in [4.69, 9.17) is 4.74 Å². The molecule has 1 saturated heterocycles. The van der Waals surface area contributed by atoms with E-state index in [1.807, 2.05) is 30.9 Å². The maximum Gasteiger partial charge on any atom is 0.230 e. The Balaban J connectivity index is 1.32. The van der Waals surface area contributed by atoms with E-state index in [0.717, 1.165) is 56.9 Å². The molecule has 0 saturated carbocycles. The first-order chi connectivity index (χ1) is 13.6. The minimum Gasteiger partial charge on any atom is -0.491 e. The van der Waals surface area contributed by atoms with Crippen molar-refractivity contribution in [1.29, 1.82) is 0 Å². The fourth-order valence-electron chi connectivity index (χ4n) is 4.37. The number of carbonyl (C=O) groups excluding carboxylic acids is 1. The maximum absolute atomic E-state index is 13.1. The Morgan fingerprint density at radius 2 is 1.86 bits per heavy atom. The predicted molar refractivity (Wildman–Crippen MR) is 113 cm³/mol. The first kappa shape index (κ1) is 19.0. The number of anilines is 1. The van der Waals surface area contributed by atoms with Crippen molar-refractivity contribution in [1.82, 2.24) is 4.90 Å². The Labute approximate surface area is 168 Å². The fraction of sp³-hybridized carbons (Fsp3) is 0.458. The SMILES string of the molecule is CC(C)Oc1cccc(CN2CCC(C(=O)N3CCc4ccccc43)CC2)c1. The van der Waals surface area contributed by atoms with Crippen LogP contribution in [-0.4, -0.2) is 36.5 Å². The summed E-state index contributed by atoms with van der Waals surface area (Å²) in [4.78, 5) is 17.5. The van der Waals surface area contributed by atoms with Gasteiger partial charge >= 0.3 is 0 Å². The van der Waals surface area contributed by atoms with Gasteiger partial charge in [-0.05, 0) is 75.5 Å². The van der Waals surface area contributed by atoms with E-state index in [0.29, 0.717) is 5.91 Å². The van der Waals surface area contributed by atoms with Crippen LogP contribution in [0.1, 0.15) is 37.8 Å². The molecule has 0 radical (unpaired) electrons. The Morgan fingerprint density at radius 1 is 1.07 bits per heavy atom. The molecule has 4 heteroatoms. The number of nitrogens with zero attached hydrogens (tertiary/aromatic N) is 2. The summed E-state index contributed by atoms with van der Waals surface area (Å²) >= 11 is 0. The molecular formula is C24H30N2O2. The van der Waals surface area contributed by atoms with E-state index in [1.165, 1.54) is 11.1 Å². The molecule has 4 nitrogen and oxygen atoms in total. The fourth-order valence-corrected chi connectivity index (χ4v) is 4.37. The largest absolute Gasteiger partial charge is 0.491 e. The normalized spacial score (nSPS) is 17.8. The first-order valence-electron chi connectivity index (χ1n) is 10.5. The minimum atomic E-state index is 0.151. The average molecular weight is 379 g/mol. The Morgan fingerprint density at radius 3 is 2.64 bits per heavy atom. The van der Waals surface area contributed by atoms with Crippen LogP contribution in [0.25, 0.3) is 0 Å². The zero-order valence-corrected chi connectivity index (χ0v) is 16.9. The van der Waals surface area contributed by atoms with Gasteiger partial charge in [-0.1, -0.05) is 30.3 Å². The van der Waals surface area contributed by atoms with Crippen molar-refractivity contribution >= 4 is 11.6 Å². The van der Waals surface area contributed by atoms with E-state index >= 15 is 0 Å². The van der Waals surface area contributed by atoms with Gasteiger partial charge in [-0.3, -0.25) is 9.69 Å². The van der Waals surface area contributed by atoms with E-state index in [9.17, 15) is 4.79 Å². The number of hydrogen-bond donors (Lipinski definition) is 0. The van der Waals surface area contributed by atoms with Gasteiger partial charge in [0.05, 0.1) is 6.10 Å². The molecule has 2 aliphatic rings. The number of benzene rings is 2. The maximum atomic E-state index is 13.1. The van der Waals surface area contributed by atoms with Crippen LogP contribution >= 0.6 is 0 Å². The Bertz CT molecular complexity index is 825. The molecule has 148 valence electrons. The molecule has 28 heavy (non-hydrogen) atoms. The van der Waals surface area contributed by atoms with Gasteiger partial charge in [-0.2, -0.15) is 0 Å². The number of carbonyl (C=O) groups is 1. The number of ether oxygens (including phenoxy) is 1. The van der Waals surface area contributed by atoms with Gasteiger partial charge in [-0.25, -0.2) is 0 Å². The first-order valence-corrected chi connectivity index (χ1v) is 10.5. The minimum absolute atomic E-state index is 0.151. The summed E-state index contributed by atoms with van der Waals surface area (Å²) in [5.41, 5.74) is 3.70. The number of likely N-dealkylation sites (tertiary alicyclic amines) is 1. The van der Waals surface area contributed by atoms with Crippen molar-refractivity contribution in [3.05, 3.63) is 59.7 Å². The van der Waals surface area contributed by atoms with Crippen molar-refractivity contribution in [2.75, 3.05) is 24.5 Å². The third-order valence-electron chi connectivity index (χ3n) is 5.77. The predicted octanol–water partition coefficient (Wildman–Crippen LogP) is 4.28. The summed E-state index contributed by atoms with van der Waals surface area (Å²) in [5, 5.41) is 0. The lowest BCUT2D eigenvalue weighted by molar-refractivity contribution is -0.123. The van der Waals surface area contributed by atoms with Crippen molar-refractivity contribution in [3.8, 4) is 5.75 Å². The highest BCUT2D eigenvalue weighted by molar-refractivity contribution is 5.97. The van der Waals surface area contributed by atoms with Crippen molar-refractivity contribution in [2.24, 2.45) is 5.92 Å². The summed E-state index contributed by atoms with van der Waals surface area (Å²) in [5.74, 6) is 1.40. The number of piperidine rings is 1. The Hall–Kier alpha value is -2.33. The highest BCUT2D eigenvalue weighted by atomic mass is 16.5. The summed E-state index contributed by atoms with van der Waals surface area (Å²) in [6.45, 7) is 7.80. The molecule has 2 aromatic rings. The molecule has 1 fully saturated rings. The second-order valence-corrected chi connectivity index (χ2v) is 8.23. The molecule has 0 unspecified atom stereocenters. The topological polar surface area (TPSA) is 32.8 Å². The smallest absolute Gasteiger partial charge is 0.230 e. The molecule has 0 bridgehead atoms. The van der Waals surface area contributed by atoms with E-state index < -0.39 is 0 Å². The van der Waals surface area contributed by atoms with Crippen LogP contribution in [0, 0.1) is 5.92 Å². The molecule has 0 aliphatic carbocycles. The standard InChI is InChI=1S/C24H30N2O2/c1-18(2)28-22-8-5-6-19(16-22)17-25-13-10-21(11-14-25)24(27)26-15-12-20-7-3-4-9-23(20)26/h3-9,16,18,21H,10-15,17H2,1-2H3. The van der Waals surface area contributed by atoms with Gasteiger partial charge in [0.15, 0.2) is 0 Å². The van der Waals surface area contributed by atoms with Crippen molar-refractivity contribution in [2.45, 2.75) is 45.8 Å². The van der Waals surface area contributed by atoms with E-state index in [2.05, 4.69) is 41.3 Å². The zero-order chi connectivity index (χ0) is 19.5. The van der Waals surface area contributed by atoms with Crippen LogP contribution in [-0.2, 0) is 17.8 Å². The van der Waals surface area contributed by atoms with Crippen LogP contribution in [0.2, 0.25) is 0 Å². The Kier molecular flexibility index (Phi) is 5.67. The highest BCUT2D eigenvalue weighted by Gasteiger charge is 2.32. The van der Waals surface area contributed by atoms with Gasteiger partial charge in [0.25, 0.3) is 0 Å². The third-order valence-corrected chi connectivity index (χ3v) is 5.77. The molecule has 0 N–H and O–H groups in total. The lowest BCUT2D eigenvalue weighted by atomic mass is 9.95.